The molecule has 1 aromatic carbocycles. The summed E-state index contributed by atoms with van der Waals surface area (Å²) >= 11 is 0. The van der Waals surface area contributed by atoms with Crippen LogP contribution in [0.2, 0.25) is 19.6 Å². The predicted octanol–water partition coefficient (Wildman–Crippen LogP) is 2.82. The zero-order valence-corrected chi connectivity index (χ0v) is 12.1. The fourth-order valence-corrected chi connectivity index (χ4v) is 2.60. The fourth-order valence-electron chi connectivity index (χ4n) is 1.14. The first-order valence-electron chi connectivity index (χ1n) is 3.78. The van der Waals surface area contributed by atoms with Gasteiger partial charge in [-0.25, -0.2) is 12.1 Å². The van der Waals surface area contributed by atoms with Gasteiger partial charge < -0.3 is 0 Å². The van der Waals surface area contributed by atoms with Gasteiger partial charge in [-0.3, -0.25) is 0 Å². The molecule has 0 spiro atoms. The smallest absolute Gasteiger partial charge is 0.0465 e. The summed E-state index contributed by atoms with van der Waals surface area (Å²) in [5, 5.41) is 0. The molecule has 0 amide bonds. The summed E-state index contributed by atoms with van der Waals surface area (Å²) in [6.45, 7) is 7.21. The molecule has 0 aromatic heterocycles. The van der Waals surface area contributed by atoms with Crippen molar-refractivity contribution >= 4 is 8.07 Å². The Morgan fingerprint density at radius 1 is 1.36 bits per heavy atom. The van der Waals surface area contributed by atoms with Crippen molar-refractivity contribution in [3.05, 3.63) is 29.8 Å². The molecule has 11 heavy (non-hydrogen) atoms. The Hall–Kier alpha value is 0.437. The van der Waals surface area contributed by atoms with E-state index in [0.29, 0.717) is 0 Å². The van der Waals surface area contributed by atoms with Gasteiger partial charge in [-0.2, -0.15) is 17.7 Å². The second-order valence-corrected chi connectivity index (χ2v) is 9.51. The summed E-state index contributed by atoms with van der Waals surface area (Å²) in [5.41, 5.74) is 1.51. The third-order valence-electron chi connectivity index (χ3n) is 1.47. The maximum Gasteiger partial charge on any atom is 0.0465 e. The first kappa shape index (κ1) is 11.4. The molecular formula is C9H15HfSi-. The summed E-state index contributed by atoms with van der Waals surface area (Å²) in [7, 11) is -0.862. The van der Waals surface area contributed by atoms with Gasteiger partial charge in [0.15, 0.2) is 0 Å². The van der Waals surface area contributed by atoms with Crippen LogP contribution in [-0.2, 0) is 31.9 Å². The second-order valence-electron chi connectivity index (χ2n) is 4.03. The van der Waals surface area contributed by atoms with Crippen LogP contribution < -0.4 is 0 Å². The van der Waals surface area contributed by atoms with Gasteiger partial charge in [0.2, 0.25) is 0 Å². The van der Waals surface area contributed by atoms with Crippen LogP contribution in [0.15, 0.2) is 24.3 Å². The molecule has 1 rings (SSSR count). The molecule has 60 valence electrons. The normalized spacial score (nSPS) is 10.8. The fraction of sp³-hybridized carbons (Fsp3) is 0.444. The van der Waals surface area contributed by atoms with E-state index in [1.165, 1.54) is 11.6 Å². The Bertz CT molecular complexity index is 184. The molecule has 0 aliphatic rings. The minimum absolute atomic E-state index is 0. The average molecular weight is 330 g/mol. The van der Waals surface area contributed by atoms with Gasteiger partial charge in [-0.05, 0) is 0 Å². The Kier molecular flexibility index (Phi) is 4.64. The molecular weight excluding hydrogens is 315 g/mol. The number of hydrogen-bond donors (Lipinski definition) is 0. The second kappa shape index (κ2) is 4.46. The third kappa shape index (κ3) is 4.80. The first-order valence-corrected chi connectivity index (χ1v) is 7.49. The number of hydrogen-bond acceptors (Lipinski definition) is 0. The molecule has 0 aliphatic carbocycles. The van der Waals surface area contributed by atoms with E-state index in [-0.39, 0.29) is 25.8 Å². The topological polar surface area (TPSA) is 0 Å². The average Bonchev–Trinajstić information content (AvgIpc) is 2.12. The minimum atomic E-state index is -0.862. The van der Waals surface area contributed by atoms with Crippen molar-refractivity contribution in [2.75, 3.05) is 0 Å². The van der Waals surface area contributed by atoms with E-state index < -0.39 is 8.07 Å². The Morgan fingerprint density at radius 2 is 2.00 bits per heavy atom. The van der Waals surface area contributed by atoms with Crippen molar-refractivity contribution in [2.24, 2.45) is 0 Å². The van der Waals surface area contributed by atoms with Crippen LogP contribution in [0.4, 0.5) is 0 Å². The maximum atomic E-state index is 2.40. The van der Waals surface area contributed by atoms with E-state index in [9.17, 15) is 0 Å². The van der Waals surface area contributed by atoms with Crippen LogP contribution in [-0.4, -0.2) is 8.07 Å². The molecule has 0 aliphatic heterocycles. The van der Waals surface area contributed by atoms with Crippen LogP contribution in [0, 0.1) is 0 Å². The van der Waals surface area contributed by atoms with Crippen LogP contribution in [0.3, 0.4) is 0 Å². The van der Waals surface area contributed by atoms with Gasteiger partial charge >= 0.3 is 0 Å². The summed E-state index contributed by atoms with van der Waals surface area (Å²) in [4.78, 5) is 0. The molecule has 0 bridgehead atoms. The van der Waals surface area contributed by atoms with Gasteiger partial charge in [-0.15, -0.1) is 0 Å². The molecule has 0 radical (unpaired) electrons. The predicted molar refractivity (Wildman–Crippen MR) is 49.1 cm³/mol. The standard InChI is InChI=1S/C9H15Si.Hf/c1-10(2,3)8-9-6-4-5-7-9;/h4-7H,8H2,1-3H3;/q-1;. The molecule has 0 saturated carbocycles. The summed E-state index contributed by atoms with van der Waals surface area (Å²) in [6, 6.07) is 10.0. The zero-order valence-electron chi connectivity index (χ0n) is 7.52. The first-order chi connectivity index (χ1) is 4.58. The van der Waals surface area contributed by atoms with Crippen LogP contribution in [0.5, 0.6) is 0 Å². The van der Waals surface area contributed by atoms with Crippen molar-refractivity contribution in [2.45, 2.75) is 25.7 Å². The molecule has 1 aromatic rings. The van der Waals surface area contributed by atoms with Crippen molar-refractivity contribution in [3.8, 4) is 0 Å². The Balaban J connectivity index is 0.000001000. The van der Waals surface area contributed by atoms with Crippen LogP contribution in [0.1, 0.15) is 5.56 Å². The van der Waals surface area contributed by atoms with Gasteiger partial charge in [0.05, 0.1) is 0 Å². The monoisotopic (exact) mass is 331 g/mol. The molecule has 0 N–H and O–H groups in total. The maximum absolute atomic E-state index is 2.40. The van der Waals surface area contributed by atoms with Crippen LogP contribution >= 0.6 is 0 Å². The van der Waals surface area contributed by atoms with Crippen LogP contribution in [0.25, 0.3) is 0 Å². The third-order valence-corrected chi connectivity index (χ3v) is 2.94. The molecule has 0 nitrogen and oxygen atoms in total. The van der Waals surface area contributed by atoms with E-state index in [4.69, 9.17) is 0 Å². The van der Waals surface area contributed by atoms with Crippen molar-refractivity contribution < 1.29 is 25.8 Å². The van der Waals surface area contributed by atoms with Gasteiger partial charge in [0.1, 0.15) is 0 Å². The Labute approximate surface area is 89.2 Å². The zero-order chi connectivity index (χ0) is 7.61. The van der Waals surface area contributed by atoms with E-state index in [1.54, 1.807) is 0 Å². The Morgan fingerprint density at radius 3 is 2.36 bits per heavy atom. The van der Waals surface area contributed by atoms with E-state index >= 15 is 0 Å². The van der Waals surface area contributed by atoms with Gasteiger partial charge in [-0.1, -0.05) is 25.7 Å². The van der Waals surface area contributed by atoms with Gasteiger partial charge in [0.25, 0.3) is 0 Å². The molecule has 0 heterocycles. The van der Waals surface area contributed by atoms with Gasteiger partial charge in [0, 0.05) is 33.9 Å². The quantitative estimate of drug-likeness (QED) is 0.578. The molecule has 0 saturated heterocycles. The SMILES string of the molecule is C[Si](C)(C)Cc1ccc[cH-]1.[Hf]. The largest absolute Gasteiger partial charge is 0.213 e. The van der Waals surface area contributed by atoms with Crippen molar-refractivity contribution in [1.29, 1.82) is 0 Å². The van der Waals surface area contributed by atoms with E-state index in [2.05, 4.69) is 43.9 Å². The molecule has 0 fully saturated rings. The van der Waals surface area contributed by atoms with E-state index in [1.807, 2.05) is 0 Å². The molecule has 2 heteroatoms. The summed E-state index contributed by atoms with van der Waals surface area (Å²) in [6.07, 6.45) is 0. The van der Waals surface area contributed by atoms with Crippen molar-refractivity contribution in [1.82, 2.24) is 0 Å². The molecule has 0 unspecified atom stereocenters. The minimum Gasteiger partial charge on any atom is -0.213 e. The number of rotatable bonds is 2. The summed E-state index contributed by atoms with van der Waals surface area (Å²) in [5.74, 6) is 0. The summed E-state index contributed by atoms with van der Waals surface area (Å²) < 4.78 is 0. The van der Waals surface area contributed by atoms with Crippen molar-refractivity contribution in [3.63, 3.8) is 0 Å². The van der Waals surface area contributed by atoms with E-state index in [0.717, 1.165) is 0 Å². The molecule has 0 atom stereocenters.